The van der Waals surface area contributed by atoms with Crippen LogP contribution in [0.1, 0.15) is 12.8 Å². The van der Waals surface area contributed by atoms with E-state index in [9.17, 15) is 8.42 Å². The summed E-state index contributed by atoms with van der Waals surface area (Å²) >= 11 is 1.68. The van der Waals surface area contributed by atoms with Crippen molar-refractivity contribution < 1.29 is 8.42 Å². The molecule has 0 aromatic carbocycles. The topological polar surface area (TPSA) is 75.2 Å². The number of rotatable bonds is 3. The van der Waals surface area contributed by atoms with Crippen LogP contribution in [0.4, 0.5) is 5.82 Å². The van der Waals surface area contributed by atoms with Crippen LogP contribution in [0.3, 0.4) is 0 Å². The number of aromatic nitrogens is 2. The second kappa shape index (κ2) is 5.85. The molecule has 0 radical (unpaired) electrons. The monoisotopic (exact) mass is 350 g/mol. The van der Waals surface area contributed by atoms with Gasteiger partial charge in [0.2, 0.25) is 0 Å². The quantitative estimate of drug-likeness (QED) is 0.905. The van der Waals surface area contributed by atoms with E-state index in [1.165, 1.54) is 5.41 Å². The summed E-state index contributed by atoms with van der Waals surface area (Å²) in [5.74, 6) is 1.21. The summed E-state index contributed by atoms with van der Waals surface area (Å²) < 4.78 is 24.1. The van der Waals surface area contributed by atoms with E-state index >= 15 is 0 Å². The molecule has 2 aliphatic heterocycles. The van der Waals surface area contributed by atoms with Gasteiger partial charge in [-0.1, -0.05) is 6.08 Å². The number of hydrogen-bond acceptors (Lipinski definition) is 7. The van der Waals surface area contributed by atoms with Gasteiger partial charge in [0.25, 0.3) is 0 Å². The third-order valence-electron chi connectivity index (χ3n) is 4.40. The Kier molecular flexibility index (Phi) is 3.82. The van der Waals surface area contributed by atoms with Crippen LogP contribution >= 0.6 is 11.3 Å². The number of nitrogens with one attached hydrogen (secondary N) is 1. The standard InChI is InChI=1S/C15H18N4O2S2/c20-23(21)8-4-12(9-23)18-11-1-5-19(6-2-11)15-14-13(3-7-22-14)16-10-17-15/h3-4,7-8,10-12,18H,1-2,5-6,9H2. The van der Waals surface area contributed by atoms with Crippen LogP contribution in [0.2, 0.25) is 0 Å². The number of hydrogen-bond donors (Lipinski definition) is 1. The summed E-state index contributed by atoms with van der Waals surface area (Å²) in [7, 11) is -2.99. The number of anilines is 1. The highest BCUT2D eigenvalue weighted by molar-refractivity contribution is 7.94. The first-order valence-corrected chi connectivity index (χ1v) is 10.3. The molecule has 122 valence electrons. The minimum absolute atomic E-state index is 0.0420. The second-order valence-corrected chi connectivity index (χ2v) is 8.87. The van der Waals surface area contributed by atoms with Crippen LogP contribution in [0, 0.1) is 0 Å². The summed E-state index contributed by atoms with van der Waals surface area (Å²) in [5.41, 5.74) is 1.00. The molecular formula is C15H18N4O2S2. The van der Waals surface area contributed by atoms with E-state index in [1.54, 1.807) is 23.7 Å². The zero-order valence-corrected chi connectivity index (χ0v) is 14.2. The van der Waals surface area contributed by atoms with Gasteiger partial charge in [0.15, 0.2) is 9.84 Å². The molecule has 4 heterocycles. The minimum atomic E-state index is -2.99. The normalized spacial score (nSPS) is 24.5. The second-order valence-electron chi connectivity index (χ2n) is 6.02. The summed E-state index contributed by atoms with van der Waals surface area (Å²) in [6.45, 7) is 1.84. The number of sulfone groups is 1. The SMILES string of the molecule is O=S1(=O)C=CC(NC2CCN(c3ncnc4ccsc34)CC2)C1. The fourth-order valence-corrected chi connectivity index (χ4v) is 5.35. The Morgan fingerprint density at radius 1 is 1.26 bits per heavy atom. The average Bonchev–Trinajstić information content (AvgIpc) is 3.14. The van der Waals surface area contributed by atoms with Crippen molar-refractivity contribution >= 4 is 37.2 Å². The summed E-state index contributed by atoms with van der Waals surface area (Å²) in [4.78, 5) is 11.1. The smallest absolute Gasteiger partial charge is 0.173 e. The van der Waals surface area contributed by atoms with Gasteiger partial charge in [-0.3, -0.25) is 0 Å². The number of thiophene rings is 1. The molecule has 1 N–H and O–H groups in total. The first-order valence-electron chi connectivity index (χ1n) is 7.71. The maximum atomic E-state index is 11.5. The summed E-state index contributed by atoms with van der Waals surface area (Å²) in [6, 6.07) is 2.33. The molecule has 0 saturated carbocycles. The maximum absolute atomic E-state index is 11.5. The predicted octanol–water partition coefficient (Wildman–Crippen LogP) is 1.56. The first-order chi connectivity index (χ1) is 11.1. The third kappa shape index (κ3) is 3.11. The van der Waals surface area contributed by atoms with E-state index in [1.807, 2.05) is 11.4 Å². The van der Waals surface area contributed by atoms with Crippen molar-refractivity contribution in [3.05, 3.63) is 29.3 Å². The van der Waals surface area contributed by atoms with Crippen LogP contribution in [-0.2, 0) is 9.84 Å². The van der Waals surface area contributed by atoms with E-state index in [0.29, 0.717) is 6.04 Å². The highest BCUT2D eigenvalue weighted by Crippen LogP contribution is 2.29. The van der Waals surface area contributed by atoms with Crippen LogP contribution < -0.4 is 10.2 Å². The molecule has 1 atom stereocenters. The lowest BCUT2D eigenvalue weighted by Crippen LogP contribution is -2.46. The van der Waals surface area contributed by atoms with Crippen molar-refractivity contribution in [2.75, 3.05) is 23.7 Å². The number of fused-ring (bicyclic) bond motifs is 1. The van der Waals surface area contributed by atoms with E-state index in [2.05, 4.69) is 20.2 Å². The fraction of sp³-hybridized carbons (Fsp3) is 0.467. The molecule has 4 rings (SSSR count). The Balaban J connectivity index is 1.40. The lowest BCUT2D eigenvalue weighted by atomic mass is 10.0. The van der Waals surface area contributed by atoms with Crippen molar-refractivity contribution in [2.24, 2.45) is 0 Å². The molecule has 23 heavy (non-hydrogen) atoms. The lowest BCUT2D eigenvalue weighted by molar-refractivity contribution is 0.400. The average molecular weight is 350 g/mol. The molecule has 2 aromatic heterocycles. The largest absolute Gasteiger partial charge is 0.355 e. The lowest BCUT2D eigenvalue weighted by Gasteiger charge is -2.34. The van der Waals surface area contributed by atoms with E-state index in [-0.39, 0.29) is 11.8 Å². The minimum Gasteiger partial charge on any atom is -0.355 e. The number of nitrogens with zero attached hydrogens (tertiary/aromatic N) is 3. The van der Waals surface area contributed by atoms with E-state index in [0.717, 1.165) is 42.0 Å². The van der Waals surface area contributed by atoms with E-state index in [4.69, 9.17) is 0 Å². The molecule has 0 spiro atoms. The van der Waals surface area contributed by atoms with Crippen molar-refractivity contribution in [2.45, 2.75) is 24.9 Å². The van der Waals surface area contributed by atoms with Gasteiger partial charge in [0.05, 0.1) is 16.0 Å². The molecule has 1 saturated heterocycles. The zero-order chi connectivity index (χ0) is 15.9. The Hall–Kier alpha value is -1.51. The Bertz CT molecular complexity index is 838. The first kappa shape index (κ1) is 15.0. The van der Waals surface area contributed by atoms with Crippen molar-refractivity contribution in [3.63, 3.8) is 0 Å². The Labute approximate surface area is 139 Å². The fourth-order valence-electron chi connectivity index (χ4n) is 3.24. The van der Waals surface area contributed by atoms with Gasteiger partial charge in [-0.05, 0) is 24.3 Å². The summed E-state index contributed by atoms with van der Waals surface area (Å²) in [6.07, 6.45) is 5.37. The molecule has 8 heteroatoms. The molecule has 1 unspecified atom stereocenters. The van der Waals surface area contributed by atoms with Gasteiger partial charge < -0.3 is 10.2 Å². The third-order valence-corrected chi connectivity index (χ3v) is 6.69. The molecule has 2 aliphatic rings. The molecule has 2 aromatic rings. The molecule has 0 aliphatic carbocycles. The predicted molar refractivity (Wildman–Crippen MR) is 92.5 cm³/mol. The molecular weight excluding hydrogens is 332 g/mol. The zero-order valence-electron chi connectivity index (χ0n) is 12.6. The van der Waals surface area contributed by atoms with Gasteiger partial charge >= 0.3 is 0 Å². The number of piperidine rings is 1. The van der Waals surface area contributed by atoms with Crippen LogP contribution in [0.5, 0.6) is 0 Å². The van der Waals surface area contributed by atoms with Crippen molar-refractivity contribution in [1.82, 2.24) is 15.3 Å². The van der Waals surface area contributed by atoms with Crippen LogP contribution in [0.25, 0.3) is 10.2 Å². The van der Waals surface area contributed by atoms with Gasteiger partial charge in [0.1, 0.15) is 12.1 Å². The van der Waals surface area contributed by atoms with Gasteiger partial charge in [-0.2, -0.15) is 0 Å². The van der Waals surface area contributed by atoms with Gasteiger partial charge in [0, 0.05) is 30.6 Å². The molecule has 6 nitrogen and oxygen atoms in total. The Morgan fingerprint density at radius 3 is 2.83 bits per heavy atom. The Morgan fingerprint density at radius 2 is 2.09 bits per heavy atom. The van der Waals surface area contributed by atoms with E-state index < -0.39 is 9.84 Å². The van der Waals surface area contributed by atoms with Crippen LogP contribution in [0.15, 0.2) is 29.3 Å². The van der Waals surface area contributed by atoms with Crippen molar-refractivity contribution in [3.8, 4) is 0 Å². The van der Waals surface area contributed by atoms with Crippen molar-refractivity contribution in [1.29, 1.82) is 0 Å². The van der Waals surface area contributed by atoms with Gasteiger partial charge in [-0.15, -0.1) is 11.3 Å². The molecule has 0 bridgehead atoms. The maximum Gasteiger partial charge on any atom is 0.173 e. The summed E-state index contributed by atoms with van der Waals surface area (Å²) in [5, 5.41) is 6.83. The highest BCUT2D eigenvalue weighted by atomic mass is 32.2. The highest BCUT2D eigenvalue weighted by Gasteiger charge is 2.27. The van der Waals surface area contributed by atoms with Crippen LogP contribution in [-0.4, -0.2) is 49.3 Å². The van der Waals surface area contributed by atoms with Gasteiger partial charge in [-0.25, -0.2) is 18.4 Å². The molecule has 0 amide bonds. The molecule has 1 fully saturated rings.